The fraction of sp³-hybridized carbons (Fsp3) is 0.600. The van der Waals surface area contributed by atoms with E-state index in [2.05, 4.69) is 12.1 Å². The van der Waals surface area contributed by atoms with Crippen molar-refractivity contribution in [1.29, 1.82) is 0 Å². The molecule has 2 N–H and O–H groups in total. The van der Waals surface area contributed by atoms with Crippen LogP contribution in [0.25, 0.3) is 0 Å². The number of rotatable bonds is 3. The van der Waals surface area contributed by atoms with Crippen molar-refractivity contribution in [2.45, 2.75) is 51.5 Å². The minimum Gasteiger partial charge on any atom is -0.496 e. The first-order valence-electron chi connectivity index (χ1n) is 6.65. The van der Waals surface area contributed by atoms with Crippen molar-refractivity contribution >= 4 is 0 Å². The van der Waals surface area contributed by atoms with Crippen molar-refractivity contribution in [3.05, 3.63) is 28.8 Å². The molecule has 1 atom stereocenters. The zero-order valence-electron chi connectivity index (χ0n) is 11.0. The first kappa shape index (κ1) is 12.4. The van der Waals surface area contributed by atoms with Crippen LogP contribution in [-0.4, -0.2) is 13.2 Å². The zero-order chi connectivity index (χ0) is 12.3. The molecule has 2 nitrogen and oxygen atoms in total. The lowest BCUT2D eigenvalue weighted by molar-refractivity contribution is 0.407. The fourth-order valence-corrected chi connectivity index (χ4v) is 2.69. The highest BCUT2D eigenvalue weighted by atomic mass is 16.5. The molecule has 0 aliphatic heterocycles. The molecule has 0 saturated carbocycles. The van der Waals surface area contributed by atoms with Gasteiger partial charge >= 0.3 is 0 Å². The Hall–Kier alpha value is -1.02. The number of nitrogens with two attached hydrogens (primary N) is 1. The molecule has 17 heavy (non-hydrogen) atoms. The van der Waals surface area contributed by atoms with Gasteiger partial charge in [0.1, 0.15) is 5.75 Å². The third kappa shape index (κ3) is 3.01. The molecule has 94 valence electrons. The van der Waals surface area contributed by atoms with Crippen LogP contribution in [0.5, 0.6) is 5.75 Å². The molecule has 0 fully saturated rings. The van der Waals surface area contributed by atoms with Crippen LogP contribution in [0.2, 0.25) is 0 Å². The van der Waals surface area contributed by atoms with Gasteiger partial charge in [-0.2, -0.15) is 0 Å². The maximum Gasteiger partial charge on any atom is 0.122 e. The molecule has 0 saturated heterocycles. The van der Waals surface area contributed by atoms with Gasteiger partial charge in [0.25, 0.3) is 0 Å². The van der Waals surface area contributed by atoms with Crippen LogP contribution >= 0.6 is 0 Å². The van der Waals surface area contributed by atoms with Crippen molar-refractivity contribution in [2.75, 3.05) is 7.11 Å². The number of ether oxygens (including phenoxy) is 1. The summed E-state index contributed by atoms with van der Waals surface area (Å²) in [6, 6.07) is 4.74. The van der Waals surface area contributed by atoms with Crippen LogP contribution in [0.3, 0.4) is 0 Å². The number of benzene rings is 1. The standard InChI is InChI=1S/C15H23NO/c1-11(16)8-14-9-12-6-4-3-5-7-13(12)10-15(14)17-2/h9-11H,3-8,16H2,1-2H3. The molecule has 0 aromatic heterocycles. The molecular formula is C15H23NO. The van der Waals surface area contributed by atoms with E-state index in [1.807, 2.05) is 6.92 Å². The van der Waals surface area contributed by atoms with Gasteiger partial charge in [-0.1, -0.05) is 12.5 Å². The Kier molecular flexibility index (Phi) is 4.06. The Morgan fingerprint density at radius 2 is 1.82 bits per heavy atom. The van der Waals surface area contributed by atoms with Gasteiger partial charge in [0.05, 0.1) is 7.11 Å². The van der Waals surface area contributed by atoms with E-state index in [9.17, 15) is 0 Å². The summed E-state index contributed by atoms with van der Waals surface area (Å²) in [5.41, 5.74) is 10.2. The molecular weight excluding hydrogens is 210 g/mol. The predicted molar refractivity (Wildman–Crippen MR) is 71.6 cm³/mol. The largest absolute Gasteiger partial charge is 0.496 e. The van der Waals surface area contributed by atoms with E-state index in [0.717, 1.165) is 12.2 Å². The minimum absolute atomic E-state index is 0.188. The molecule has 1 aliphatic carbocycles. The van der Waals surface area contributed by atoms with Crippen LogP contribution in [0.4, 0.5) is 0 Å². The van der Waals surface area contributed by atoms with Gasteiger partial charge in [-0.15, -0.1) is 0 Å². The Labute approximate surface area is 104 Å². The zero-order valence-corrected chi connectivity index (χ0v) is 11.0. The Morgan fingerprint density at radius 3 is 2.41 bits per heavy atom. The summed E-state index contributed by atoms with van der Waals surface area (Å²) < 4.78 is 5.50. The number of fused-ring (bicyclic) bond motifs is 1. The molecule has 0 spiro atoms. The summed E-state index contributed by atoms with van der Waals surface area (Å²) >= 11 is 0. The maximum atomic E-state index is 5.90. The maximum absolute atomic E-state index is 5.90. The van der Waals surface area contributed by atoms with Crippen LogP contribution in [0, 0.1) is 0 Å². The molecule has 0 heterocycles. The van der Waals surface area contributed by atoms with Gasteiger partial charge in [-0.3, -0.25) is 0 Å². The lowest BCUT2D eigenvalue weighted by Crippen LogP contribution is -2.18. The highest BCUT2D eigenvalue weighted by molar-refractivity contribution is 5.43. The van der Waals surface area contributed by atoms with Crippen molar-refractivity contribution < 1.29 is 4.74 Å². The van der Waals surface area contributed by atoms with Gasteiger partial charge in [0.2, 0.25) is 0 Å². The van der Waals surface area contributed by atoms with Crippen LogP contribution in [0.1, 0.15) is 42.9 Å². The number of hydrogen-bond donors (Lipinski definition) is 1. The van der Waals surface area contributed by atoms with Crippen LogP contribution in [-0.2, 0) is 19.3 Å². The highest BCUT2D eigenvalue weighted by Crippen LogP contribution is 2.29. The summed E-state index contributed by atoms with van der Waals surface area (Å²) in [7, 11) is 1.75. The van der Waals surface area contributed by atoms with Crippen molar-refractivity contribution in [3.63, 3.8) is 0 Å². The van der Waals surface area contributed by atoms with Crippen molar-refractivity contribution in [2.24, 2.45) is 5.73 Å². The van der Waals surface area contributed by atoms with Gasteiger partial charge in [-0.05, 0) is 61.8 Å². The number of hydrogen-bond acceptors (Lipinski definition) is 2. The minimum atomic E-state index is 0.188. The Bertz CT molecular complexity index is 385. The summed E-state index contributed by atoms with van der Waals surface area (Å²) in [5, 5.41) is 0. The first-order valence-corrected chi connectivity index (χ1v) is 6.65. The molecule has 1 aromatic carbocycles. The van der Waals surface area contributed by atoms with E-state index in [-0.39, 0.29) is 6.04 Å². The average Bonchev–Trinajstić information content (AvgIpc) is 2.51. The predicted octanol–water partition coefficient (Wildman–Crippen LogP) is 2.85. The monoisotopic (exact) mass is 233 g/mol. The van der Waals surface area contributed by atoms with E-state index >= 15 is 0 Å². The summed E-state index contributed by atoms with van der Waals surface area (Å²) in [6.07, 6.45) is 7.28. The SMILES string of the molecule is COc1cc2c(cc1CC(C)N)CCCCC2. The van der Waals surface area contributed by atoms with Gasteiger partial charge in [0.15, 0.2) is 0 Å². The second-order valence-corrected chi connectivity index (χ2v) is 5.17. The van der Waals surface area contributed by atoms with E-state index in [0.29, 0.717) is 0 Å². The average molecular weight is 233 g/mol. The normalized spacial score (nSPS) is 17.1. The third-order valence-corrected chi connectivity index (χ3v) is 3.54. The third-order valence-electron chi connectivity index (χ3n) is 3.54. The van der Waals surface area contributed by atoms with E-state index in [4.69, 9.17) is 10.5 Å². The molecule has 0 radical (unpaired) electrons. The molecule has 0 amide bonds. The second-order valence-electron chi connectivity index (χ2n) is 5.17. The van der Waals surface area contributed by atoms with E-state index in [1.165, 1.54) is 48.8 Å². The van der Waals surface area contributed by atoms with E-state index < -0.39 is 0 Å². The molecule has 1 aliphatic rings. The molecule has 2 heteroatoms. The van der Waals surface area contributed by atoms with Crippen molar-refractivity contribution in [1.82, 2.24) is 0 Å². The Balaban J connectivity index is 2.35. The molecule has 1 unspecified atom stereocenters. The highest BCUT2D eigenvalue weighted by Gasteiger charge is 2.13. The van der Waals surface area contributed by atoms with E-state index in [1.54, 1.807) is 7.11 Å². The van der Waals surface area contributed by atoms with Gasteiger partial charge in [-0.25, -0.2) is 0 Å². The number of aryl methyl sites for hydroxylation is 2. The van der Waals surface area contributed by atoms with Gasteiger partial charge in [0, 0.05) is 6.04 Å². The second kappa shape index (κ2) is 5.54. The summed E-state index contributed by atoms with van der Waals surface area (Å²) in [4.78, 5) is 0. The topological polar surface area (TPSA) is 35.2 Å². The summed E-state index contributed by atoms with van der Waals surface area (Å²) in [5.74, 6) is 1.02. The first-order chi connectivity index (χ1) is 8.20. The lowest BCUT2D eigenvalue weighted by Gasteiger charge is -2.15. The Morgan fingerprint density at radius 1 is 1.18 bits per heavy atom. The van der Waals surface area contributed by atoms with Gasteiger partial charge < -0.3 is 10.5 Å². The smallest absolute Gasteiger partial charge is 0.122 e. The molecule has 0 bridgehead atoms. The van der Waals surface area contributed by atoms with Crippen molar-refractivity contribution in [3.8, 4) is 5.75 Å². The molecule has 1 aromatic rings. The fourth-order valence-electron chi connectivity index (χ4n) is 2.69. The van der Waals surface area contributed by atoms with Crippen LogP contribution < -0.4 is 10.5 Å². The quantitative estimate of drug-likeness (QED) is 0.815. The number of methoxy groups -OCH3 is 1. The molecule has 2 rings (SSSR count). The van der Waals surface area contributed by atoms with Crippen LogP contribution in [0.15, 0.2) is 12.1 Å². The summed E-state index contributed by atoms with van der Waals surface area (Å²) in [6.45, 7) is 2.05. The lowest BCUT2D eigenvalue weighted by atomic mass is 9.96.